The van der Waals surface area contributed by atoms with Crippen LogP contribution in [0.25, 0.3) is 0 Å². The van der Waals surface area contributed by atoms with E-state index >= 15 is 0 Å². The molecule has 1 aromatic heterocycles. The summed E-state index contributed by atoms with van der Waals surface area (Å²) >= 11 is 0. The smallest absolute Gasteiger partial charge is 0.273 e. The Bertz CT molecular complexity index is 623. The molecule has 118 valence electrons. The third-order valence-electron chi connectivity index (χ3n) is 4.89. The summed E-state index contributed by atoms with van der Waals surface area (Å²) in [5, 5.41) is 11.3. The zero-order valence-electron chi connectivity index (χ0n) is 12.1. The van der Waals surface area contributed by atoms with Crippen LogP contribution in [0.5, 0.6) is 0 Å². The summed E-state index contributed by atoms with van der Waals surface area (Å²) in [6.45, 7) is 1.64. The molecule has 2 aliphatic rings. The number of carboxylic acid groups (broad SMARTS) is 1. The van der Waals surface area contributed by atoms with Crippen molar-refractivity contribution in [2.45, 2.75) is 26.2 Å². The van der Waals surface area contributed by atoms with Gasteiger partial charge in [-0.05, 0) is 44.1 Å². The minimum atomic E-state index is -1.18. The van der Waals surface area contributed by atoms with Gasteiger partial charge in [-0.25, -0.2) is 0 Å². The van der Waals surface area contributed by atoms with Crippen LogP contribution < -0.4 is 16.0 Å². The highest BCUT2D eigenvalue weighted by Crippen LogP contribution is 2.52. The lowest BCUT2D eigenvalue weighted by Crippen LogP contribution is -2.50. The molecule has 2 saturated carbocycles. The standard InChI is InChI=1S/C15H18N2O5/c1-7-10(4-5-22-7)13(18)16-17-14(19)11-8-2-3-9(6-8)12(11)15(20)21/h4-5,8-9,11-12H,2-3,6H2,1H3,(H,16,18)(H,17,19)(H,20,21)/p-1/t8-,9+,11+,12+/m1/s1. The van der Waals surface area contributed by atoms with Crippen molar-refractivity contribution >= 4 is 17.8 Å². The fourth-order valence-corrected chi connectivity index (χ4v) is 3.90. The molecule has 2 amide bonds. The van der Waals surface area contributed by atoms with Crippen LogP contribution >= 0.6 is 0 Å². The number of aliphatic carboxylic acids is 1. The molecule has 0 aliphatic heterocycles. The van der Waals surface area contributed by atoms with Gasteiger partial charge in [-0.2, -0.15) is 0 Å². The average Bonchev–Trinajstić information content (AvgIpc) is 3.18. The number of amides is 2. The SMILES string of the molecule is Cc1occc1C(=O)NNC(=O)[C@H]1[C@@H]2CC[C@@H](C2)[C@@H]1C(=O)[O-]. The Labute approximate surface area is 127 Å². The number of hydrazine groups is 1. The minimum absolute atomic E-state index is 0.0116. The summed E-state index contributed by atoms with van der Waals surface area (Å²) in [7, 11) is 0. The predicted octanol–water partition coefficient (Wildman–Crippen LogP) is -0.239. The van der Waals surface area contributed by atoms with Gasteiger partial charge in [-0.15, -0.1) is 0 Å². The number of hydrogen-bond donors (Lipinski definition) is 2. The van der Waals surface area contributed by atoms with E-state index in [1.165, 1.54) is 12.3 Å². The van der Waals surface area contributed by atoms with Crippen molar-refractivity contribution in [2.24, 2.45) is 23.7 Å². The number of fused-ring (bicyclic) bond motifs is 2. The molecule has 7 nitrogen and oxygen atoms in total. The molecule has 2 N–H and O–H groups in total. The monoisotopic (exact) mass is 305 g/mol. The summed E-state index contributed by atoms with van der Waals surface area (Å²) < 4.78 is 5.02. The molecular weight excluding hydrogens is 288 g/mol. The number of hydrogen-bond acceptors (Lipinski definition) is 5. The van der Waals surface area contributed by atoms with E-state index in [-0.39, 0.29) is 11.8 Å². The zero-order chi connectivity index (χ0) is 15.9. The molecule has 0 radical (unpaired) electrons. The summed E-state index contributed by atoms with van der Waals surface area (Å²) in [6, 6.07) is 1.50. The van der Waals surface area contributed by atoms with E-state index in [0.717, 1.165) is 19.3 Å². The number of aryl methyl sites for hydroxylation is 1. The first-order valence-electron chi connectivity index (χ1n) is 7.34. The number of carboxylic acids is 1. The second-order valence-corrected chi connectivity index (χ2v) is 6.04. The van der Waals surface area contributed by atoms with E-state index in [4.69, 9.17) is 4.42 Å². The largest absolute Gasteiger partial charge is 0.550 e. The molecule has 2 fully saturated rings. The molecular formula is C15H17N2O5-. The zero-order valence-corrected chi connectivity index (χ0v) is 12.1. The fraction of sp³-hybridized carbons (Fsp3) is 0.533. The Balaban J connectivity index is 1.63. The molecule has 3 rings (SSSR count). The Morgan fingerprint density at radius 2 is 1.86 bits per heavy atom. The van der Waals surface area contributed by atoms with E-state index in [2.05, 4.69) is 10.9 Å². The maximum Gasteiger partial charge on any atom is 0.273 e. The molecule has 0 spiro atoms. The molecule has 0 unspecified atom stereocenters. The first-order valence-corrected chi connectivity index (χ1v) is 7.34. The molecule has 2 bridgehead atoms. The number of furan rings is 1. The molecule has 1 heterocycles. The van der Waals surface area contributed by atoms with Crippen molar-refractivity contribution in [3.05, 3.63) is 23.7 Å². The molecule has 2 aliphatic carbocycles. The highest BCUT2D eigenvalue weighted by atomic mass is 16.4. The van der Waals surface area contributed by atoms with Crippen molar-refractivity contribution in [2.75, 3.05) is 0 Å². The molecule has 4 atom stereocenters. The lowest BCUT2D eigenvalue weighted by Gasteiger charge is -2.30. The van der Waals surface area contributed by atoms with Gasteiger partial charge in [-0.3, -0.25) is 20.4 Å². The molecule has 1 aromatic rings. The lowest BCUT2D eigenvalue weighted by atomic mass is 9.79. The highest BCUT2D eigenvalue weighted by Gasteiger charge is 2.51. The Hall–Kier alpha value is -2.31. The van der Waals surface area contributed by atoms with E-state index in [9.17, 15) is 19.5 Å². The van der Waals surface area contributed by atoms with Gasteiger partial charge < -0.3 is 14.3 Å². The van der Waals surface area contributed by atoms with Crippen molar-refractivity contribution in [1.29, 1.82) is 0 Å². The maximum absolute atomic E-state index is 12.3. The Kier molecular flexibility index (Phi) is 3.64. The van der Waals surface area contributed by atoms with Crippen molar-refractivity contribution < 1.29 is 23.9 Å². The quantitative estimate of drug-likeness (QED) is 0.749. The first-order chi connectivity index (χ1) is 10.5. The number of carbonyl (C=O) groups is 3. The van der Waals surface area contributed by atoms with Crippen LogP contribution in [0.3, 0.4) is 0 Å². The van der Waals surface area contributed by atoms with Gasteiger partial charge in [0.25, 0.3) is 5.91 Å². The van der Waals surface area contributed by atoms with Crippen LogP contribution in [-0.4, -0.2) is 17.8 Å². The normalized spacial score (nSPS) is 29.3. The number of carbonyl (C=O) groups excluding carboxylic acids is 3. The average molecular weight is 305 g/mol. The molecule has 0 aromatic carbocycles. The third-order valence-corrected chi connectivity index (χ3v) is 4.89. The number of rotatable bonds is 3. The summed E-state index contributed by atoms with van der Waals surface area (Å²) in [6.07, 6.45) is 3.80. The molecule has 0 saturated heterocycles. The highest BCUT2D eigenvalue weighted by molar-refractivity contribution is 5.96. The predicted molar refractivity (Wildman–Crippen MR) is 71.9 cm³/mol. The van der Waals surface area contributed by atoms with Gasteiger partial charge in [0.2, 0.25) is 5.91 Å². The van der Waals surface area contributed by atoms with Crippen molar-refractivity contribution in [3.8, 4) is 0 Å². The van der Waals surface area contributed by atoms with Gasteiger partial charge in [-0.1, -0.05) is 0 Å². The van der Waals surface area contributed by atoms with E-state index in [1.54, 1.807) is 6.92 Å². The van der Waals surface area contributed by atoms with Gasteiger partial charge in [0, 0.05) is 11.9 Å². The Morgan fingerprint density at radius 1 is 1.18 bits per heavy atom. The van der Waals surface area contributed by atoms with Crippen LogP contribution in [0.1, 0.15) is 35.4 Å². The van der Waals surface area contributed by atoms with Crippen LogP contribution in [0.4, 0.5) is 0 Å². The minimum Gasteiger partial charge on any atom is -0.550 e. The second-order valence-electron chi connectivity index (χ2n) is 6.04. The van der Waals surface area contributed by atoms with Gasteiger partial charge in [0.1, 0.15) is 5.76 Å². The number of nitrogens with one attached hydrogen (secondary N) is 2. The topological polar surface area (TPSA) is 111 Å². The van der Waals surface area contributed by atoms with Gasteiger partial charge >= 0.3 is 0 Å². The van der Waals surface area contributed by atoms with Gasteiger partial charge in [0.15, 0.2) is 0 Å². The van der Waals surface area contributed by atoms with Gasteiger partial charge in [0.05, 0.1) is 17.7 Å². The lowest BCUT2D eigenvalue weighted by molar-refractivity contribution is -0.314. The van der Waals surface area contributed by atoms with Crippen LogP contribution in [-0.2, 0) is 9.59 Å². The summed E-state index contributed by atoms with van der Waals surface area (Å²) in [4.78, 5) is 35.5. The van der Waals surface area contributed by atoms with Crippen molar-refractivity contribution in [1.82, 2.24) is 10.9 Å². The summed E-state index contributed by atoms with van der Waals surface area (Å²) in [5.41, 5.74) is 4.97. The van der Waals surface area contributed by atoms with Crippen LogP contribution in [0.2, 0.25) is 0 Å². The third kappa shape index (κ3) is 2.36. The van der Waals surface area contributed by atoms with E-state index in [1.807, 2.05) is 0 Å². The van der Waals surface area contributed by atoms with Crippen LogP contribution in [0.15, 0.2) is 16.7 Å². The van der Waals surface area contributed by atoms with E-state index < -0.39 is 29.6 Å². The maximum atomic E-state index is 12.3. The second kappa shape index (κ2) is 5.47. The Morgan fingerprint density at radius 3 is 2.45 bits per heavy atom. The van der Waals surface area contributed by atoms with E-state index in [0.29, 0.717) is 11.3 Å². The molecule has 7 heteroatoms. The fourth-order valence-electron chi connectivity index (χ4n) is 3.90. The first kappa shape index (κ1) is 14.6. The van der Waals surface area contributed by atoms with Crippen LogP contribution in [0, 0.1) is 30.6 Å². The molecule has 22 heavy (non-hydrogen) atoms. The van der Waals surface area contributed by atoms with Crippen molar-refractivity contribution in [3.63, 3.8) is 0 Å². The summed E-state index contributed by atoms with van der Waals surface area (Å²) in [5.74, 6) is -3.01.